The van der Waals surface area contributed by atoms with Crippen LogP contribution >= 0.6 is 0 Å². The predicted molar refractivity (Wildman–Crippen MR) is 123 cm³/mol. The molecule has 0 aliphatic carbocycles. The Morgan fingerprint density at radius 1 is 1.14 bits per heavy atom. The lowest BCUT2D eigenvalue weighted by atomic mass is 9.99. The van der Waals surface area contributed by atoms with E-state index in [-0.39, 0.29) is 16.0 Å². The summed E-state index contributed by atoms with van der Waals surface area (Å²) >= 11 is 0. The van der Waals surface area contributed by atoms with E-state index in [0.717, 1.165) is 23.9 Å². The van der Waals surface area contributed by atoms with Crippen molar-refractivity contribution in [2.24, 2.45) is 0 Å². The van der Waals surface area contributed by atoms with Gasteiger partial charge in [-0.1, -0.05) is 17.9 Å². The van der Waals surface area contributed by atoms with Gasteiger partial charge in [-0.2, -0.15) is 0 Å². The van der Waals surface area contributed by atoms with E-state index in [1.807, 2.05) is 0 Å². The van der Waals surface area contributed by atoms with E-state index in [9.17, 15) is 23.1 Å². The Bertz CT molecular complexity index is 1200. The summed E-state index contributed by atoms with van der Waals surface area (Å²) in [7, 11) is -0.846. The van der Waals surface area contributed by atoms with Gasteiger partial charge in [-0.25, -0.2) is 12.7 Å². The van der Waals surface area contributed by atoms with Gasteiger partial charge >= 0.3 is 0 Å². The van der Waals surface area contributed by atoms with Crippen LogP contribution in [0.15, 0.2) is 57.5 Å². The molecule has 1 aromatic carbocycles. The van der Waals surface area contributed by atoms with Crippen LogP contribution in [0, 0.1) is 0 Å². The molecule has 11 heteroatoms. The highest BCUT2D eigenvalue weighted by molar-refractivity contribution is 7.89. The fourth-order valence-corrected chi connectivity index (χ4v) is 5.30. The van der Waals surface area contributed by atoms with Crippen LogP contribution in [0.4, 0.5) is 0 Å². The van der Waals surface area contributed by atoms with Crippen molar-refractivity contribution in [2.45, 2.75) is 17.4 Å². The van der Waals surface area contributed by atoms with Gasteiger partial charge < -0.3 is 24.1 Å². The van der Waals surface area contributed by atoms with Crippen molar-refractivity contribution in [1.82, 2.24) is 9.21 Å². The Hall–Kier alpha value is -2.99. The lowest BCUT2D eigenvalue weighted by molar-refractivity contribution is -0.908. The van der Waals surface area contributed by atoms with Crippen LogP contribution in [0.5, 0.6) is 0 Å². The molecule has 3 heterocycles. The number of carbonyl (C=O) groups is 2. The molecule has 1 amide bonds. The quantitative estimate of drug-likeness (QED) is 0.280. The van der Waals surface area contributed by atoms with Gasteiger partial charge in [0, 0.05) is 32.6 Å². The minimum Gasteiger partial charge on any atom is -0.872 e. The van der Waals surface area contributed by atoms with Crippen molar-refractivity contribution < 1.29 is 37.2 Å². The van der Waals surface area contributed by atoms with Gasteiger partial charge in [0.05, 0.1) is 30.9 Å². The lowest BCUT2D eigenvalue weighted by Crippen LogP contribution is -3.14. The third-order valence-corrected chi connectivity index (χ3v) is 8.20. The Morgan fingerprint density at radius 3 is 2.43 bits per heavy atom. The number of sulfonamides is 1. The number of quaternary nitrogens is 1. The smallest absolute Gasteiger partial charge is 0.295 e. The molecule has 1 aromatic heterocycles. The Labute approximate surface area is 204 Å². The van der Waals surface area contributed by atoms with Crippen molar-refractivity contribution in [3.8, 4) is 0 Å². The molecular weight excluding hydrogens is 474 g/mol. The first-order valence-electron chi connectivity index (χ1n) is 11.5. The highest BCUT2D eigenvalue weighted by Crippen LogP contribution is 2.38. The first-order chi connectivity index (χ1) is 16.7. The molecule has 2 aromatic rings. The van der Waals surface area contributed by atoms with Gasteiger partial charge in [0.2, 0.25) is 15.8 Å². The van der Waals surface area contributed by atoms with Crippen molar-refractivity contribution in [3.63, 3.8) is 0 Å². The summed E-state index contributed by atoms with van der Waals surface area (Å²) in [5, 5.41) is 13.4. The minimum atomic E-state index is -3.67. The van der Waals surface area contributed by atoms with Crippen LogP contribution in [-0.4, -0.2) is 82.8 Å². The fraction of sp³-hybridized carbons (Fsp3) is 0.417. The number of hydrogen-bond acceptors (Lipinski definition) is 7. The van der Waals surface area contributed by atoms with Crippen molar-refractivity contribution in [2.75, 3.05) is 53.5 Å². The zero-order valence-electron chi connectivity index (χ0n) is 19.7. The summed E-state index contributed by atoms with van der Waals surface area (Å²) in [6.45, 7) is 4.31. The molecule has 4 rings (SSSR count). The number of nitrogens with zero attached hydrogens (tertiary/aromatic N) is 2. The number of ether oxygens (including phenoxy) is 1. The maximum Gasteiger partial charge on any atom is 0.295 e. The molecule has 1 unspecified atom stereocenters. The Balaban J connectivity index is 1.63. The largest absolute Gasteiger partial charge is 0.872 e. The van der Waals surface area contributed by atoms with Crippen LogP contribution in [0.3, 0.4) is 0 Å². The second kappa shape index (κ2) is 10.3. The highest BCUT2D eigenvalue weighted by atomic mass is 32.2. The second-order valence-corrected chi connectivity index (χ2v) is 10.9. The average Bonchev–Trinajstić information content (AvgIpc) is 3.47. The lowest BCUT2D eigenvalue weighted by Gasteiger charge is -2.27. The topological polar surface area (TPSA) is 125 Å². The molecule has 188 valence electrons. The van der Waals surface area contributed by atoms with E-state index in [0.29, 0.717) is 31.9 Å². The van der Waals surface area contributed by atoms with Crippen molar-refractivity contribution >= 4 is 27.5 Å². The molecule has 1 atom stereocenters. The van der Waals surface area contributed by atoms with Crippen molar-refractivity contribution in [3.05, 3.63) is 59.6 Å². The number of nitrogens with one attached hydrogen (secondary N) is 1. The number of rotatable bonds is 8. The third kappa shape index (κ3) is 5.03. The number of benzene rings is 1. The van der Waals surface area contributed by atoms with Gasteiger partial charge in [-0.15, -0.1) is 0 Å². The number of likely N-dealkylation sites (tertiary alicyclic amines) is 1. The van der Waals surface area contributed by atoms with Crippen LogP contribution in [0.25, 0.3) is 5.76 Å². The first-order valence-corrected chi connectivity index (χ1v) is 12.9. The van der Waals surface area contributed by atoms with Crippen LogP contribution in [0.1, 0.15) is 23.8 Å². The van der Waals surface area contributed by atoms with E-state index in [1.165, 1.54) is 54.4 Å². The number of morpholine rings is 1. The molecule has 0 radical (unpaired) electrons. The average molecular weight is 504 g/mol. The Kier molecular flexibility index (Phi) is 7.41. The summed E-state index contributed by atoms with van der Waals surface area (Å²) in [6.07, 6.45) is 2.09. The minimum absolute atomic E-state index is 0.0210. The molecule has 35 heavy (non-hydrogen) atoms. The van der Waals surface area contributed by atoms with Gasteiger partial charge in [0.1, 0.15) is 24.9 Å². The van der Waals surface area contributed by atoms with E-state index in [4.69, 9.17) is 9.15 Å². The molecule has 10 nitrogen and oxygen atoms in total. The molecule has 2 aliphatic rings. The maximum atomic E-state index is 13.4. The van der Waals surface area contributed by atoms with Crippen molar-refractivity contribution in [1.29, 1.82) is 0 Å². The second-order valence-electron chi connectivity index (χ2n) is 8.77. The molecule has 2 aliphatic heterocycles. The van der Waals surface area contributed by atoms with Crippen LogP contribution in [-0.2, 0) is 24.3 Å². The van der Waals surface area contributed by atoms with E-state index < -0.39 is 33.5 Å². The zero-order chi connectivity index (χ0) is 25.2. The summed E-state index contributed by atoms with van der Waals surface area (Å²) in [5.74, 6) is -1.89. The van der Waals surface area contributed by atoms with E-state index >= 15 is 0 Å². The first kappa shape index (κ1) is 25.1. The predicted octanol–water partition coefficient (Wildman–Crippen LogP) is -0.941. The highest BCUT2D eigenvalue weighted by Gasteiger charge is 2.45. The van der Waals surface area contributed by atoms with Gasteiger partial charge in [-0.05, 0) is 29.8 Å². The number of carbonyl (C=O) groups excluding carboxylic acids is 2. The molecule has 0 bridgehead atoms. The number of furan rings is 1. The number of amides is 1. The standard InChI is InChI=1S/C24H29N3O7S/c1-25(2)35(31,32)18-8-6-17(7-9-18)22(28)20-21(19-5-3-14-34-19)27(24(30)23(20)29)11-4-10-26-12-15-33-16-13-26/h3,5-9,14,21,28H,4,10-13,15-16H2,1-2H3. The summed E-state index contributed by atoms with van der Waals surface area (Å²) in [6, 6.07) is 7.69. The summed E-state index contributed by atoms with van der Waals surface area (Å²) < 4.78 is 36.6. The number of hydrogen-bond donors (Lipinski definition) is 1. The number of ketones is 1. The zero-order valence-corrected chi connectivity index (χ0v) is 20.5. The fourth-order valence-electron chi connectivity index (χ4n) is 4.40. The monoisotopic (exact) mass is 503 g/mol. The normalized spacial score (nSPS) is 21.2. The molecular formula is C24H29N3O7S. The molecule has 1 N–H and O–H groups in total. The van der Waals surface area contributed by atoms with Gasteiger partial charge in [-0.3, -0.25) is 9.59 Å². The van der Waals surface area contributed by atoms with E-state index in [2.05, 4.69) is 0 Å². The third-order valence-electron chi connectivity index (χ3n) is 6.37. The molecule has 0 spiro atoms. The number of Topliss-reactive ketones (excluding diaryl/α,β-unsaturated/α-hetero) is 1. The maximum absolute atomic E-state index is 13.4. The summed E-state index contributed by atoms with van der Waals surface area (Å²) in [4.78, 5) is 28.7. The molecule has 2 saturated heterocycles. The van der Waals surface area contributed by atoms with Gasteiger partial charge in [0.25, 0.3) is 5.91 Å². The summed E-state index contributed by atoms with van der Waals surface area (Å²) in [5.41, 5.74) is -0.0677. The van der Waals surface area contributed by atoms with Gasteiger partial charge in [0.15, 0.2) is 0 Å². The molecule has 2 fully saturated rings. The van der Waals surface area contributed by atoms with Crippen LogP contribution in [0.2, 0.25) is 0 Å². The Morgan fingerprint density at radius 2 is 1.83 bits per heavy atom. The van der Waals surface area contributed by atoms with E-state index in [1.54, 1.807) is 12.1 Å². The van der Waals surface area contributed by atoms with Crippen LogP contribution < -0.4 is 10.0 Å². The molecule has 0 saturated carbocycles. The SMILES string of the molecule is CN(C)S(=O)(=O)c1ccc(C([O-])=C2C(=O)C(=O)N(CCC[NH+]3CCOCC3)C2c2ccco2)cc1.